The zero-order valence-corrected chi connectivity index (χ0v) is 65.9. The molecule has 5 atom stereocenters. The zero-order valence-electron chi connectivity index (χ0n) is 64.1. The van der Waals surface area contributed by atoms with Crippen LogP contribution in [0.2, 0.25) is 0 Å². The van der Waals surface area contributed by atoms with Crippen LogP contribution < -0.4 is 0 Å². The zero-order chi connectivity index (χ0) is 72.1. The summed E-state index contributed by atoms with van der Waals surface area (Å²) < 4.78 is 68.6. The number of hydrogen-bond donors (Lipinski definition) is 3. The van der Waals surface area contributed by atoms with Crippen LogP contribution >= 0.6 is 15.6 Å². The van der Waals surface area contributed by atoms with Crippen molar-refractivity contribution < 1.29 is 80.2 Å². The van der Waals surface area contributed by atoms with Crippen LogP contribution in [0.1, 0.15) is 414 Å². The molecule has 0 amide bonds. The second-order valence-corrected chi connectivity index (χ2v) is 32.3. The van der Waals surface area contributed by atoms with Gasteiger partial charge in [0.15, 0.2) is 12.2 Å². The Morgan fingerprint density at radius 1 is 0.276 bits per heavy atom. The fourth-order valence-electron chi connectivity index (χ4n) is 12.2. The van der Waals surface area contributed by atoms with E-state index in [2.05, 4.69) is 41.5 Å². The molecule has 0 saturated heterocycles. The van der Waals surface area contributed by atoms with Gasteiger partial charge in [-0.1, -0.05) is 363 Å². The van der Waals surface area contributed by atoms with E-state index in [1.807, 2.05) is 0 Å². The number of aliphatic hydroxyl groups excluding tert-OH is 1. The van der Waals surface area contributed by atoms with Gasteiger partial charge in [0.05, 0.1) is 26.4 Å². The second kappa shape index (κ2) is 70.7. The van der Waals surface area contributed by atoms with Crippen LogP contribution in [0.15, 0.2) is 0 Å². The standard InChI is InChI=1S/C79H154O17P2/c1-7-9-11-13-15-17-19-20-21-22-23-24-25-26-27-28-29-33-38-45-51-57-63-78(83)95-74(67-90-77(82)62-56-50-44-37-34-30-32-35-41-47-53-59-71(3)4)69-93-97(85,86)91-65-73(80)66-92-98(87,88)94-70-75(96-79(84)64-58-52-46-40-39-42-48-54-60-72(5)6)68-89-76(81)61-55-49-43-36-31-18-16-14-12-10-8-2/h71-75,80H,7-70H2,1-6H3,(H,85,86)(H,87,88)/t73-,74-,75-/m1/s1. The van der Waals surface area contributed by atoms with Gasteiger partial charge in [0.1, 0.15) is 19.3 Å². The van der Waals surface area contributed by atoms with Crippen molar-refractivity contribution in [2.45, 2.75) is 432 Å². The third-order valence-corrected chi connectivity index (χ3v) is 20.4. The minimum atomic E-state index is -4.96. The van der Waals surface area contributed by atoms with Crippen LogP contribution in [-0.4, -0.2) is 96.7 Å². The van der Waals surface area contributed by atoms with E-state index < -0.39 is 97.5 Å². The van der Waals surface area contributed by atoms with Gasteiger partial charge in [-0.25, -0.2) is 9.13 Å². The minimum absolute atomic E-state index is 0.105. The van der Waals surface area contributed by atoms with E-state index in [1.54, 1.807) is 0 Å². The Labute approximate surface area is 600 Å². The van der Waals surface area contributed by atoms with E-state index in [0.29, 0.717) is 25.7 Å². The lowest BCUT2D eigenvalue weighted by molar-refractivity contribution is -0.161. The van der Waals surface area contributed by atoms with Crippen LogP contribution in [-0.2, 0) is 65.4 Å². The Kier molecular flexibility index (Phi) is 69.3. The number of carbonyl (C=O) groups is 4. The van der Waals surface area contributed by atoms with Crippen molar-refractivity contribution >= 4 is 39.5 Å². The summed E-state index contributed by atoms with van der Waals surface area (Å²) in [6, 6.07) is 0. The van der Waals surface area contributed by atoms with Crippen molar-refractivity contribution in [1.29, 1.82) is 0 Å². The first-order chi connectivity index (χ1) is 47.4. The van der Waals surface area contributed by atoms with Crippen molar-refractivity contribution in [2.75, 3.05) is 39.6 Å². The summed E-state index contributed by atoms with van der Waals surface area (Å²) >= 11 is 0. The van der Waals surface area contributed by atoms with Gasteiger partial charge < -0.3 is 33.8 Å². The maximum atomic E-state index is 13.1. The van der Waals surface area contributed by atoms with Crippen molar-refractivity contribution in [1.82, 2.24) is 0 Å². The molecule has 17 nitrogen and oxygen atoms in total. The topological polar surface area (TPSA) is 237 Å². The van der Waals surface area contributed by atoms with Gasteiger partial charge >= 0.3 is 39.5 Å². The molecule has 0 radical (unpaired) electrons. The number of phosphoric ester groups is 2. The highest BCUT2D eigenvalue weighted by Crippen LogP contribution is 2.45. The summed E-state index contributed by atoms with van der Waals surface area (Å²) in [5.74, 6) is -0.625. The normalized spacial score (nSPS) is 13.9. The predicted molar refractivity (Wildman–Crippen MR) is 400 cm³/mol. The molecular weight excluding hydrogens is 1280 g/mol. The summed E-state index contributed by atoms with van der Waals surface area (Å²) in [6.45, 7) is 9.57. The number of esters is 4. The van der Waals surface area contributed by atoms with Crippen molar-refractivity contribution in [3.05, 3.63) is 0 Å². The van der Waals surface area contributed by atoms with Gasteiger partial charge in [0, 0.05) is 25.7 Å². The van der Waals surface area contributed by atoms with Gasteiger partial charge in [-0.15, -0.1) is 0 Å². The highest BCUT2D eigenvalue weighted by molar-refractivity contribution is 7.47. The minimum Gasteiger partial charge on any atom is -0.462 e. The Morgan fingerprint density at radius 2 is 0.469 bits per heavy atom. The third kappa shape index (κ3) is 72.4. The molecule has 0 rings (SSSR count). The van der Waals surface area contributed by atoms with Crippen LogP contribution in [0.4, 0.5) is 0 Å². The number of aliphatic hydroxyl groups is 1. The molecule has 2 unspecified atom stereocenters. The SMILES string of the molecule is CCCCCCCCCCCCCCCCCCCCCCCCC(=O)O[C@H](COC(=O)CCCCCCCCCCCCCC(C)C)COP(=O)(O)OC[C@@H](O)COP(=O)(O)OC[C@@H](COC(=O)CCCCCCCCCCCCC)OC(=O)CCCCCCCCCCC(C)C. The second-order valence-electron chi connectivity index (χ2n) is 29.4. The molecule has 0 aliphatic rings. The lowest BCUT2D eigenvalue weighted by Crippen LogP contribution is -2.30. The van der Waals surface area contributed by atoms with Crippen LogP contribution in [0.25, 0.3) is 0 Å². The molecule has 0 heterocycles. The summed E-state index contributed by atoms with van der Waals surface area (Å²) in [7, 11) is -9.91. The first-order valence-corrected chi connectivity index (χ1v) is 44.0. The molecule has 0 saturated carbocycles. The van der Waals surface area contributed by atoms with Gasteiger partial charge in [-0.2, -0.15) is 0 Å². The van der Waals surface area contributed by atoms with E-state index in [9.17, 15) is 43.2 Å². The number of carbonyl (C=O) groups excluding carboxylic acids is 4. The van der Waals surface area contributed by atoms with Crippen LogP contribution in [0, 0.1) is 11.8 Å². The molecule has 0 spiro atoms. The van der Waals surface area contributed by atoms with Crippen molar-refractivity contribution in [2.24, 2.45) is 11.8 Å². The molecule has 0 aliphatic heterocycles. The highest BCUT2D eigenvalue weighted by atomic mass is 31.2. The Balaban J connectivity index is 5.19. The Hall–Kier alpha value is -1.94. The van der Waals surface area contributed by atoms with Crippen LogP contribution in [0.5, 0.6) is 0 Å². The summed E-state index contributed by atoms with van der Waals surface area (Å²) in [5, 5.41) is 10.6. The molecule has 0 aromatic carbocycles. The lowest BCUT2D eigenvalue weighted by atomic mass is 10.0. The molecule has 0 aromatic rings. The monoisotopic (exact) mass is 1440 g/mol. The highest BCUT2D eigenvalue weighted by Gasteiger charge is 2.30. The number of hydrogen-bond acceptors (Lipinski definition) is 15. The van der Waals surface area contributed by atoms with E-state index in [1.165, 1.54) is 231 Å². The largest absolute Gasteiger partial charge is 0.472 e. The number of unbranched alkanes of at least 4 members (excludes halogenated alkanes) is 48. The number of rotatable bonds is 78. The number of phosphoric acid groups is 2. The smallest absolute Gasteiger partial charge is 0.462 e. The molecule has 3 N–H and O–H groups in total. The average molecular weight is 1440 g/mol. The quantitative estimate of drug-likeness (QED) is 0.0222. The molecule has 19 heteroatoms. The van der Waals surface area contributed by atoms with Gasteiger partial charge in [-0.05, 0) is 37.5 Å². The van der Waals surface area contributed by atoms with Crippen LogP contribution in [0.3, 0.4) is 0 Å². The molecule has 0 aliphatic carbocycles. The first-order valence-electron chi connectivity index (χ1n) is 41.0. The van der Waals surface area contributed by atoms with Crippen molar-refractivity contribution in [3.63, 3.8) is 0 Å². The summed E-state index contributed by atoms with van der Waals surface area (Å²) in [4.78, 5) is 72.9. The predicted octanol–water partition coefficient (Wildman–Crippen LogP) is 23.5. The first kappa shape index (κ1) is 96.1. The molecule has 0 aromatic heterocycles. The van der Waals surface area contributed by atoms with Gasteiger partial charge in [0.2, 0.25) is 0 Å². The fraction of sp³-hybridized carbons (Fsp3) is 0.949. The summed E-state index contributed by atoms with van der Waals surface area (Å²) in [5.41, 5.74) is 0. The molecular formula is C79H154O17P2. The van der Waals surface area contributed by atoms with Gasteiger partial charge in [0.25, 0.3) is 0 Å². The Bertz CT molecular complexity index is 1890. The Morgan fingerprint density at radius 3 is 0.694 bits per heavy atom. The average Bonchev–Trinajstić information content (AvgIpc) is 1.01. The van der Waals surface area contributed by atoms with E-state index in [-0.39, 0.29) is 25.7 Å². The van der Waals surface area contributed by atoms with E-state index in [4.69, 9.17) is 37.0 Å². The number of ether oxygens (including phenoxy) is 4. The molecule has 98 heavy (non-hydrogen) atoms. The maximum absolute atomic E-state index is 13.1. The van der Waals surface area contributed by atoms with Gasteiger partial charge in [-0.3, -0.25) is 37.3 Å². The van der Waals surface area contributed by atoms with E-state index >= 15 is 0 Å². The fourth-order valence-corrected chi connectivity index (χ4v) is 13.8. The molecule has 0 fully saturated rings. The molecule has 0 bridgehead atoms. The molecule has 582 valence electrons. The van der Waals surface area contributed by atoms with Crippen molar-refractivity contribution in [3.8, 4) is 0 Å². The lowest BCUT2D eigenvalue weighted by Gasteiger charge is -2.21. The maximum Gasteiger partial charge on any atom is 0.472 e. The van der Waals surface area contributed by atoms with E-state index in [0.717, 1.165) is 102 Å². The summed E-state index contributed by atoms with van der Waals surface area (Å²) in [6.07, 6.45) is 59.8. The third-order valence-electron chi connectivity index (χ3n) is 18.5.